The van der Waals surface area contributed by atoms with Crippen LogP contribution in [-0.2, 0) is 27.1 Å². The van der Waals surface area contributed by atoms with E-state index in [2.05, 4.69) is 292 Å². The fourth-order valence-electron chi connectivity index (χ4n) is 14.5. The molecule has 0 fully saturated rings. The third-order valence-corrected chi connectivity index (χ3v) is 18.5. The molecule has 2 heterocycles. The molecule has 0 N–H and O–H groups in total. The quantitative estimate of drug-likeness (QED) is 0.147. The number of benzene rings is 9. The van der Waals surface area contributed by atoms with Crippen LogP contribution in [0.4, 0.5) is 51.2 Å². The molecule has 0 aromatic heterocycles. The number of anilines is 9. The molecule has 2 aliphatic heterocycles. The van der Waals surface area contributed by atoms with E-state index in [1.807, 2.05) is 0 Å². The molecule has 78 heavy (non-hydrogen) atoms. The Hall–Kier alpha value is -7.56. The zero-order valence-corrected chi connectivity index (χ0v) is 48.0. The molecular formula is C74H74BN3. The predicted octanol–water partition coefficient (Wildman–Crippen LogP) is 18.5. The summed E-state index contributed by atoms with van der Waals surface area (Å²) in [4.78, 5) is 7.88. The first-order valence-electron chi connectivity index (χ1n) is 28.6. The molecule has 0 amide bonds. The maximum absolute atomic E-state index is 2.71. The molecule has 9 aromatic rings. The van der Waals surface area contributed by atoms with Crippen molar-refractivity contribution in [3.63, 3.8) is 0 Å². The number of aryl methyl sites for hydroxylation is 1. The van der Waals surface area contributed by atoms with Gasteiger partial charge in [-0.1, -0.05) is 204 Å². The van der Waals surface area contributed by atoms with Crippen molar-refractivity contribution in [2.75, 3.05) is 14.7 Å². The summed E-state index contributed by atoms with van der Waals surface area (Å²) in [7, 11) is 0. The minimum Gasteiger partial charge on any atom is -0.311 e. The van der Waals surface area contributed by atoms with Crippen LogP contribution in [0.1, 0.15) is 129 Å². The Kier molecular flexibility index (Phi) is 11.4. The minimum absolute atomic E-state index is 0.00406. The van der Waals surface area contributed by atoms with Crippen LogP contribution in [0.25, 0.3) is 22.3 Å². The van der Waals surface area contributed by atoms with E-state index in [-0.39, 0.29) is 33.8 Å². The van der Waals surface area contributed by atoms with Gasteiger partial charge >= 0.3 is 0 Å². The van der Waals surface area contributed by atoms with E-state index in [1.54, 1.807) is 0 Å². The highest BCUT2D eigenvalue weighted by atomic mass is 15.2. The van der Waals surface area contributed by atoms with Crippen LogP contribution in [0.5, 0.6) is 0 Å². The average molecular weight is 1020 g/mol. The van der Waals surface area contributed by atoms with Crippen molar-refractivity contribution in [1.82, 2.24) is 0 Å². The summed E-state index contributed by atoms with van der Waals surface area (Å²) >= 11 is 0. The van der Waals surface area contributed by atoms with E-state index in [4.69, 9.17) is 0 Å². The topological polar surface area (TPSA) is 9.72 Å². The highest BCUT2D eigenvalue weighted by Gasteiger charge is 2.49. The summed E-state index contributed by atoms with van der Waals surface area (Å²) < 4.78 is 0. The molecule has 0 radical (unpaired) electrons. The third kappa shape index (κ3) is 7.99. The van der Waals surface area contributed by atoms with Crippen LogP contribution in [0.15, 0.2) is 194 Å². The minimum atomic E-state index is -0.0708. The first kappa shape index (κ1) is 50.0. The van der Waals surface area contributed by atoms with Gasteiger partial charge in [-0.2, -0.15) is 0 Å². The van der Waals surface area contributed by atoms with Crippen molar-refractivity contribution in [3.8, 4) is 22.3 Å². The molecular weight excluding hydrogens is 942 g/mol. The van der Waals surface area contributed by atoms with Crippen molar-refractivity contribution >= 4 is 74.3 Å². The normalized spacial score (nSPS) is 16.9. The van der Waals surface area contributed by atoms with Crippen LogP contribution in [0.3, 0.4) is 0 Å². The lowest BCUT2D eigenvalue weighted by Crippen LogP contribution is -2.62. The molecule has 4 aliphatic rings. The van der Waals surface area contributed by atoms with Crippen LogP contribution < -0.4 is 31.1 Å². The molecule has 9 aromatic carbocycles. The molecule has 0 bridgehead atoms. The first-order valence-corrected chi connectivity index (χ1v) is 28.6. The monoisotopic (exact) mass is 1020 g/mol. The van der Waals surface area contributed by atoms with Gasteiger partial charge in [0, 0.05) is 45.4 Å². The zero-order valence-electron chi connectivity index (χ0n) is 48.0. The second-order valence-corrected chi connectivity index (χ2v) is 26.8. The molecule has 2 aliphatic carbocycles. The maximum atomic E-state index is 2.71. The van der Waals surface area contributed by atoms with Gasteiger partial charge in [-0.25, -0.2) is 0 Å². The van der Waals surface area contributed by atoms with E-state index >= 15 is 0 Å². The number of hydrogen-bond acceptors (Lipinski definition) is 3. The molecule has 3 nitrogen and oxygen atoms in total. The molecule has 4 heteroatoms. The molecule has 0 spiro atoms. The molecule has 388 valence electrons. The smallest absolute Gasteiger partial charge is 0.252 e. The van der Waals surface area contributed by atoms with E-state index < -0.39 is 0 Å². The first-order chi connectivity index (χ1) is 37.2. The highest BCUT2D eigenvalue weighted by Crippen LogP contribution is 2.56. The van der Waals surface area contributed by atoms with Gasteiger partial charge in [0.1, 0.15) is 0 Å². The van der Waals surface area contributed by atoms with Crippen LogP contribution in [0, 0.1) is 6.92 Å². The number of nitrogens with zero attached hydrogens (tertiary/aromatic N) is 3. The average Bonchev–Trinajstić information content (AvgIpc) is 3.74. The summed E-state index contributed by atoms with van der Waals surface area (Å²) in [5, 5.41) is 0. The standard InChI is InChI=1S/C74H74BN3/c1-48-39-57-60(74(11,12)47-73(57,9)10)45-64(48)78-65-40-51(49-25-17-13-18-26-49)33-35-61(65)75-62-44-58-59(72(7,8)38-37-71(58,5)6)46-66(62)77(63-36-34-52(70(2,3)4)41-56(63)50-27-19-14-20-28-50)67-42-55(43-68(78)69(67)75)76(53-29-21-15-22-30-53)54-31-23-16-24-32-54/h13-36,39-46H,37-38,47H2,1-12H3. The van der Waals surface area contributed by atoms with Gasteiger partial charge in [-0.3, -0.25) is 0 Å². The van der Waals surface area contributed by atoms with Crippen molar-refractivity contribution in [1.29, 1.82) is 0 Å². The number of para-hydroxylation sites is 2. The van der Waals surface area contributed by atoms with Gasteiger partial charge in [-0.15, -0.1) is 0 Å². The largest absolute Gasteiger partial charge is 0.311 e. The number of hydrogen-bond donors (Lipinski definition) is 0. The fraction of sp³-hybridized carbons (Fsp3) is 0.270. The van der Waals surface area contributed by atoms with E-state index in [9.17, 15) is 0 Å². The van der Waals surface area contributed by atoms with Gasteiger partial charge in [0.2, 0.25) is 0 Å². The Morgan fingerprint density at radius 2 is 0.885 bits per heavy atom. The summed E-state index contributed by atoms with van der Waals surface area (Å²) in [5.74, 6) is 0. The Morgan fingerprint density at radius 3 is 1.46 bits per heavy atom. The van der Waals surface area contributed by atoms with Crippen molar-refractivity contribution in [3.05, 3.63) is 228 Å². The highest BCUT2D eigenvalue weighted by molar-refractivity contribution is 7.00. The van der Waals surface area contributed by atoms with Crippen molar-refractivity contribution in [2.24, 2.45) is 0 Å². The van der Waals surface area contributed by atoms with Crippen LogP contribution in [0.2, 0.25) is 0 Å². The van der Waals surface area contributed by atoms with Gasteiger partial charge in [0.25, 0.3) is 6.71 Å². The summed E-state index contributed by atoms with van der Waals surface area (Å²) in [6.45, 7) is 29.1. The second-order valence-electron chi connectivity index (χ2n) is 26.8. The molecule has 13 rings (SSSR count). The van der Waals surface area contributed by atoms with Crippen LogP contribution >= 0.6 is 0 Å². The van der Waals surface area contributed by atoms with Gasteiger partial charge in [0.05, 0.1) is 11.4 Å². The van der Waals surface area contributed by atoms with Gasteiger partial charge < -0.3 is 14.7 Å². The summed E-state index contributed by atoms with van der Waals surface area (Å²) in [5.41, 5.74) is 28.0. The Balaban J connectivity index is 1.22. The van der Waals surface area contributed by atoms with E-state index in [1.165, 1.54) is 106 Å². The van der Waals surface area contributed by atoms with Gasteiger partial charge in [-0.05, 0) is 186 Å². The van der Waals surface area contributed by atoms with Crippen molar-refractivity contribution in [2.45, 2.75) is 129 Å². The SMILES string of the molecule is Cc1cc2c(cc1N1c3cc(-c4ccccc4)ccc3B3c4cc5c(cc4N(c4ccc(C(C)(C)C)cc4-c4ccccc4)c4cc(N(c6ccccc6)c6ccccc6)cc1c43)C(C)(C)CCC5(C)C)C(C)(C)CC2(C)C. The van der Waals surface area contributed by atoms with Crippen LogP contribution in [-0.4, -0.2) is 6.71 Å². The fourth-order valence-corrected chi connectivity index (χ4v) is 14.5. The van der Waals surface area contributed by atoms with E-state index in [0.29, 0.717) is 0 Å². The lowest BCUT2D eigenvalue weighted by Gasteiger charge is -2.48. The third-order valence-electron chi connectivity index (χ3n) is 18.5. The number of rotatable bonds is 7. The molecule has 0 unspecified atom stereocenters. The Morgan fingerprint density at radius 1 is 0.397 bits per heavy atom. The zero-order chi connectivity index (χ0) is 54.3. The summed E-state index contributed by atoms with van der Waals surface area (Å²) in [6.07, 6.45) is 3.37. The molecule has 0 saturated carbocycles. The van der Waals surface area contributed by atoms with E-state index in [0.717, 1.165) is 36.3 Å². The van der Waals surface area contributed by atoms with Gasteiger partial charge in [0.15, 0.2) is 0 Å². The molecule has 0 saturated heterocycles. The lowest BCUT2D eigenvalue weighted by molar-refractivity contribution is 0.332. The Bertz CT molecular complexity index is 3790. The Labute approximate surface area is 465 Å². The lowest BCUT2D eigenvalue weighted by atomic mass is 9.33. The summed E-state index contributed by atoms with van der Waals surface area (Å²) in [6, 6.07) is 74.5. The number of fused-ring (bicyclic) bond motifs is 6. The second kappa shape index (κ2) is 17.7. The van der Waals surface area contributed by atoms with Crippen molar-refractivity contribution < 1.29 is 0 Å². The molecule has 0 atom stereocenters. The maximum Gasteiger partial charge on any atom is 0.252 e. The predicted molar refractivity (Wildman–Crippen MR) is 335 cm³/mol.